The van der Waals surface area contributed by atoms with Crippen LogP contribution in [0.3, 0.4) is 0 Å². The monoisotopic (exact) mass is 272 g/mol. The summed E-state index contributed by atoms with van der Waals surface area (Å²) in [6.45, 7) is 0. The number of benzene rings is 3. The zero-order valence-corrected chi connectivity index (χ0v) is 11.2. The molecule has 0 aliphatic carbocycles. The maximum absolute atomic E-state index is 5.78. The number of fused-ring (bicyclic) bond motifs is 2. The summed E-state index contributed by atoms with van der Waals surface area (Å²) in [6, 6.07) is 21.9. The van der Waals surface area contributed by atoms with E-state index in [-0.39, 0.29) is 0 Å². The SMILES string of the molecule is C(Oc1cccc2ccccc12)=C1N=c2ccccc2=N1. The molecule has 1 aliphatic rings. The van der Waals surface area contributed by atoms with Gasteiger partial charge in [-0.05, 0) is 23.6 Å². The Morgan fingerprint density at radius 2 is 1.38 bits per heavy atom. The Bertz CT molecular complexity index is 931. The van der Waals surface area contributed by atoms with E-state index in [0.29, 0.717) is 5.82 Å². The van der Waals surface area contributed by atoms with E-state index in [1.165, 1.54) is 0 Å². The smallest absolute Gasteiger partial charge is 0.189 e. The molecule has 0 aromatic heterocycles. The van der Waals surface area contributed by atoms with Gasteiger partial charge in [0, 0.05) is 5.39 Å². The van der Waals surface area contributed by atoms with Crippen molar-refractivity contribution in [2.45, 2.75) is 0 Å². The normalized spacial score (nSPS) is 12.5. The lowest BCUT2D eigenvalue weighted by Gasteiger charge is -2.04. The number of hydrogen-bond acceptors (Lipinski definition) is 3. The van der Waals surface area contributed by atoms with Gasteiger partial charge >= 0.3 is 0 Å². The van der Waals surface area contributed by atoms with Gasteiger partial charge in [-0.2, -0.15) is 0 Å². The highest BCUT2D eigenvalue weighted by molar-refractivity contribution is 5.88. The lowest BCUT2D eigenvalue weighted by Crippen LogP contribution is -2.19. The Hall–Kier alpha value is -2.94. The van der Waals surface area contributed by atoms with E-state index in [1.807, 2.05) is 54.6 Å². The Labute approximate surface area is 121 Å². The zero-order valence-electron chi connectivity index (χ0n) is 11.2. The third-order valence-corrected chi connectivity index (χ3v) is 3.39. The maximum Gasteiger partial charge on any atom is 0.189 e. The van der Waals surface area contributed by atoms with Gasteiger partial charge in [-0.15, -0.1) is 0 Å². The fourth-order valence-electron chi connectivity index (χ4n) is 2.39. The van der Waals surface area contributed by atoms with E-state index in [2.05, 4.69) is 22.1 Å². The summed E-state index contributed by atoms with van der Waals surface area (Å²) in [5.74, 6) is 1.39. The summed E-state index contributed by atoms with van der Waals surface area (Å²) in [5.41, 5.74) is 0. The van der Waals surface area contributed by atoms with Crippen molar-refractivity contribution >= 4 is 10.8 Å². The summed E-state index contributed by atoms with van der Waals surface area (Å²) < 4.78 is 5.78. The highest BCUT2D eigenvalue weighted by atomic mass is 16.5. The van der Waals surface area contributed by atoms with Crippen molar-refractivity contribution in [1.29, 1.82) is 0 Å². The third kappa shape index (κ3) is 2.19. The topological polar surface area (TPSA) is 34.0 Å². The molecule has 0 saturated carbocycles. The molecule has 0 unspecified atom stereocenters. The number of ether oxygens (including phenoxy) is 1. The first-order valence-corrected chi connectivity index (χ1v) is 6.77. The van der Waals surface area contributed by atoms with Crippen LogP contribution in [0.25, 0.3) is 10.8 Å². The van der Waals surface area contributed by atoms with Crippen LogP contribution in [0.15, 0.2) is 88.8 Å². The van der Waals surface area contributed by atoms with Crippen molar-refractivity contribution in [3.8, 4) is 5.75 Å². The number of para-hydroxylation sites is 2. The van der Waals surface area contributed by atoms with Crippen molar-refractivity contribution in [2.24, 2.45) is 9.98 Å². The lowest BCUT2D eigenvalue weighted by molar-refractivity contribution is 0.480. The van der Waals surface area contributed by atoms with Crippen molar-refractivity contribution < 1.29 is 4.74 Å². The van der Waals surface area contributed by atoms with Crippen LogP contribution in [0.2, 0.25) is 0 Å². The van der Waals surface area contributed by atoms with Crippen LogP contribution in [0.4, 0.5) is 0 Å². The molecule has 3 aromatic carbocycles. The van der Waals surface area contributed by atoms with Gasteiger partial charge in [0.25, 0.3) is 0 Å². The van der Waals surface area contributed by atoms with Gasteiger partial charge in [-0.25, -0.2) is 9.98 Å². The second-order valence-electron chi connectivity index (χ2n) is 4.78. The standard InChI is InChI=1S/C18H12N2O/c1-2-8-14-13(6-1)7-5-11-17(14)21-12-18-19-15-9-3-4-10-16(15)20-18/h1-12H. The number of hydrogen-bond donors (Lipinski definition) is 0. The Balaban J connectivity index is 1.71. The summed E-state index contributed by atoms with van der Waals surface area (Å²) in [5, 5.41) is 3.99. The van der Waals surface area contributed by atoms with Crippen molar-refractivity contribution in [3.05, 3.63) is 89.5 Å². The highest BCUT2D eigenvalue weighted by Gasteiger charge is 2.03. The molecule has 0 amide bonds. The van der Waals surface area contributed by atoms with E-state index >= 15 is 0 Å². The van der Waals surface area contributed by atoms with Gasteiger partial charge in [0.2, 0.25) is 0 Å². The van der Waals surface area contributed by atoms with Gasteiger partial charge in [0.05, 0.1) is 10.7 Å². The molecule has 3 heteroatoms. The summed E-state index contributed by atoms with van der Waals surface area (Å²) >= 11 is 0. The summed E-state index contributed by atoms with van der Waals surface area (Å²) in [4.78, 5) is 8.83. The Morgan fingerprint density at radius 3 is 2.19 bits per heavy atom. The molecule has 0 atom stereocenters. The van der Waals surface area contributed by atoms with Gasteiger partial charge < -0.3 is 4.74 Å². The minimum atomic E-state index is 0.587. The third-order valence-electron chi connectivity index (χ3n) is 3.39. The van der Waals surface area contributed by atoms with Crippen LogP contribution in [0, 0.1) is 0 Å². The van der Waals surface area contributed by atoms with Gasteiger partial charge in [-0.3, -0.25) is 0 Å². The molecule has 0 N–H and O–H groups in total. The first kappa shape index (κ1) is 11.9. The first-order valence-electron chi connectivity index (χ1n) is 6.77. The molecule has 0 radical (unpaired) electrons. The average molecular weight is 272 g/mol. The quantitative estimate of drug-likeness (QED) is 0.660. The fourth-order valence-corrected chi connectivity index (χ4v) is 2.39. The van der Waals surface area contributed by atoms with Crippen LogP contribution in [-0.2, 0) is 0 Å². The summed E-state index contributed by atoms with van der Waals surface area (Å²) in [7, 11) is 0. The highest BCUT2D eigenvalue weighted by Crippen LogP contribution is 2.25. The van der Waals surface area contributed by atoms with E-state index in [9.17, 15) is 0 Å². The van der Waals surface area contributed by atoms with Gasteiger partial charge in [0.15, 0.2) is 5.82 Å². The second-order valence-corrected chi connectivity index (χ2v) is 4.78. The number of nitrogens with zero attached hydrogens (tertiary/aromatic N) is 2. The fraction of sp³-hybridized carbons (Fsp3) is 0. The van der Waals surface area contributed by atoms with Crippen LogP contribution in [-0.4, -0.2) is 0 Å². The van der Waals surface area contributed by atoms with Crippen LogP contribution >= 0.6 is 0 Å². The van der Waals surface area contributed by atoms with Crippen LogP contribution in [0.1, 0.15) is 0 Å². The zero-order chi connectivity index (χ0) is 14.1. The van der Waals surface area contributed by atoms with E-state index in [0.717, 1.165) is 27.2 Å². The van der Waals surface area contributed by atoms with Crippen LogP contribution < -0.4 is 15.5 Å². The lowest BCUT2D eigenvalue weighted by atomic mass is 10.1. The molecule has 1 aliphatic heterocycles. The molecular weight excluding hydrogens is 260 g/mol. The second kappa shape index (κ2) is 4.87. The van der Waals surface area contributed by atoms with Crippen molar-refractivity contribution in [1.82, 2.24) is 0 Å². The minimum absolute atomic E-state index is 0.587. The Kier molecular flexibility index (Phi) is 2.75. The molecule has 4 rings (SSSR count). The molecule has 0 fully saturated rings. The van der Waals surface area contributed by atoms with Crippen molar-refractivity contribution in [2.75, 3.05) is 0 Å². The largest absolute Gasteiger partial charge is 0.460 e. The van der Waals surface area contributed by atoms with Gasteiger partial charge in [-0.1, -0.05) is 48.5 Å². The molecule has 1 heterocycles. The Morgan fingerprint density at radius 1 is 0.714 bits per heavy atom. The van der Waals surface area contributed by atoms with Crippen molar-refractivity contribution in [3.63, 3.8) is 0 Å². The molecule has 100 valence electrons. The van der Waals surface area contributed by atoms with E-state index < -0.39 is 0 Å². The molecule has 21 heavy (non-hydrogen) atoms. The first-order chi connectivity index (χ1) is 10.4. The number of rotatable bonds is 2. The average Bonchev–Trinajstić information content (AvgIpc) is 2.96. The molecule has 0 bridgehead atoms. The van der Waals surface area contributed by atoms with Crippen LogP contribution in [0.5, 0.6) is 5.75 Å². The molecular formula is C18H12N2O. The molecule has 0 saturated heterocycles. The predicted octanol–water partition coefficient (Wildman–Crippen LogP) is 2.97. The predicted molar refractivity (Wildman–Crippen MR) is 81.4 cm³/mol. The van der Waals surface area contributed by atoms with E-state index in [1.54, 1.807) is 6.26 Å². The molecule has 3 aromatic rings. The maximum atomic E-state index is 5.78. The van der Waals surface area contributed by atoms with E-state index in [4.69, 9.17) is 4.74 Å². The minimum Gasteiger partial charge on any atom is -0.460 e. The van der Waals surface area contributed by atoms with Gasteiger partial charge in [0.1, 0.15) is 12.0 Å². The molecule has 3 nitrogen and oxygen atoms in total. The summed E-state index contributed by atoms with van der Waals surface area (Å²) in [6.07, 6.45) is 1.60. The molecule has 0 spiro atoms.